The first kappa shape index (κ1) is 31.2. The molecule has 0 aromatic heterocycles. The summed E-state index contributed by atoms with van der Waals surface area (Å²) in [5.41, 5.74) is 5.14. The van der Waals surface area contributed by atoms with Crippen molar-refractivity contribution in [2.24, 2.45) is 10.9 Å². The number of carbonyl (C=O) groups is 2. The first-order chi connectivity index (χ1) is 21.8. The lowest BCUT2D eigenvalue weighted by Gasteiger charge is -2.43. The maximum atomic E-state index is 14.5. The third-order valence-electron chi connectivity index (χ3n) is 10.1. The molecule has 2 atom stereocenters. The van der Waals surface area contributed by atoms with E-state index in [0.717, 1.165) is 37.2 Å². The molecule has 8 heteroatoms. The van der Waals surface area contributed by atoms with E-state index in [2.05, 4.69) is 72.5 Å². The number of rotatable bonds is 9. The highest BCUT2D eigenvalue weighted by Crippen LogP contribution is 2.42. The number of carbonyl (C=O) groups excluding carboxylic acids is 1. The van der Waals surface area contributed by atoms with Gasteiger partial charge in [-0.3, -0.25) is 14.5 Å². The summed E-state index contributed by atoms with van der Waals surface area (Å²) in [6.07, 6.45) is 5.14. The predicted octanol–water partition coefficient (Wildman–Crippen LogP) is 6.34. The molecule has 0 bridgehead atoms. The normalized spacial score (nSPS) is 23.3. The number of quaternary nitrogens is 1. The second-order valence-corrected chi connectivity index (χ2v) is 13.1. The fraction of sp³-hybridized carbons (Fsp3) is 0.378. The SMILES string of the molecule is CC[N+]1(Cc2ccc(Cl)cc2)C=NC(CN2CCC(c3ccccc3)(c3ccccc3)CC2)=C1C(=O)N1CCCC(C(=O)O)C1. The van der Waals surface area contributed by atoms with E-state index in [9.17, 15) is 14.7 Å². The van der Waals surface area contributed by atoms with E-state index >= 15 is 0 Å². The second kappa shape index (κ2) is 13.3. The van der Waals surface area contributed by atoms with Crippen molar-refractivity contribution >= 4 is 29.8 Å². The molecule has 45 heavy (non-hydrogen) atoms. The largest absolute Gasteiger partial charge is 0.481 e. The number of amides is 1. The van der Waals surface area contributed by atoms with Crippen LogP contribution in [0, 0.1) is 5.92 Å². The average molecular weight is 626 g/mol. The number of nitrogens with zero attached hydrogens (tertiary/aromatic N) is 4. The lowest BCUT2D eigenvalue weighted by Crippen LogP contribution is -2.52. The van der Waals surface area contributed by atoms with Gasteiger partial charge < -0.3 is 10.0 Å². The van der Waals surface area contributed by atoms with Crippen molar-refractivity contribution in [3.63, 3.8) is 0 Å². The summed E-state index contributed by atoms with van der Waals surface area (Å²) in [5, 5.41) is 10.4. The predicted molar refractivity (Wildman–Crippen MR) is 178 cm³/mol. The zero-order valence-electron chi connectivity index (χ0n) is 25.9. The number of carboxylic acid groups (broad SMARTS) is 1. The van der Waals surface area contributed by atoms with Gasteiger partial charge in [-0.2, -0.15) is 4.99 Å². The Labute approximate surface area is 271 Å². The third-order valence-corrected chi connectivity index (χ3v) is 10.3. The van der Waals surface area contributed by atoms with E-state index in [1.54, 1.807) is 4.90 Å². The minimum Gasteiger partial charge on any atom is -0.481 e. The number of carboxylic acids is 1. The number of hydrogen-bond donors (Lipinski definition) is 1. The van der Waals surface area contributed by atoms with Gasteiger partial charge in [-0.25, -0.2) is 4.48 Å². The summed E-state index contributed by atoms with van der Waals surface area (Å²) >= 11 is 6.19. The van der Waals surface area contributed by atoms with E-state index in [1.807, 2.05) is 30.6 Å². The Balaban J connectivity index is 1.30. The van der Waals surface area contributed by atoms with Crippen molar-refractivity contribution in [2.45, 2.75) is 44.6 Å². The van der Waals surface area contributed by atoms with Crippen LogP contribution in [0.3, 0.4) is 0 Å². The van der Waals surface area contributed by atoms with E-state index in [4.69, 9.17) is 16.6 Å². The lowest BCUT2D eigenvalue weighted by atomic mass is 9.68. The Morgan fingerprint density at radius 2 is 1.56 bits per heavy atom. The topological polar surface area (TPSA) is 73.2 Å². The van der Waals surface area contributed by atoms with Gasteiger partial charge in [0.2, 0.25) is 5.70 Å². The molecule has 0 aliphatic carbocycles. The highest BCUT2D eigenvalue weighted by Gasteiger charge is 2.46. The van der Waals surface area contributed by atoms with Crippen molar-refractivity contribution in [3.8, 4) is 0 Å². The van der Waals surface area contributed by atoms with E-state index in [1.165, 1.54) is 11.1 Å². The van der Waals surface area contributed by atoms with Gasteiger partial charge in [-0.15, -0.1) is 0 Å². The first-order valence-electron chi connectivity index (χ1n) is 16.1. The van der Waals surface area contributed by atoms with Crippen molar-refractivity contribution in [3.05, 3.63) is 118 Å². The standard InChI is InChI=1S/C37H41ClN4O3/c1-2-42(26-28-15-17-32(38)18-16-28)27-39-33(34(42)35(43)41-21-9-10-29(24-41)36(44)45)25-40-22-19-37(20-23-40,30-11-5-3-6-12-30)31-13-7-4-8-14-31/h3-8,11-18,27,29H,2,9-10,19-26H2,1H3/p+1. The van der Waals surface area contributed by atoms with Crippen LogP contribution in [0.5, 0.6) is 0 Å². The quantitative estimate of drug-likeness (QED) is 0.282. The Morgan fingerprint density at radius 3 is 2.13 bits per heavy atom. The molecule has 1 amide bonds. The molecular weight excluding hydrogens is 584 g/mol. The van der Waals surface area contributed by atoms with E-state index in [0.29, 0.717) is 54.2 Å². The molecule has 3 aliphatic heterocycles. The number of aliphatic imine (C=N–C) groups is 1. The van der Waals surface area contributed by atoms with E-state index in [-0.39, 0.29) is 17.9 Å². The van der Waals surface area contributed by atoms with Crippen LogP contribution in [0.15, 0.2) is 101 Å². The highest BCUT2D eigenvalue weighted by molar-refractivity contribution is 6.30. The molecule has 0 spiro atoms. The summed E-state index contributed by atoms with van der Waals surface area (Å²) in [7, 11) is 0. The fourth-order valence-electron chi connectivity index (χ4n) is 7.45. The molecule has 2 fully saturated rings. The molecule has 0 radical (unpaired) electrons. The summed E-state index contributed by atoms with van der Waals surface area (Å²) in [6.45, 7) is 6.43. The number of hydrogen-bond acceptors (Lipinski definition) is 4. The molecule has 2 unspecified atom stereocenters. The zero-order valence-corrected chi connectivity index (χ0v) is 26.7. The fourth-order valence-corrected chi connectivity index (χ4v) is 7.57. The van der Waals surface area contributed by atoms with Gasteiger partial charge in [0.15, 0.2) is 6.34 Å². The third kappa shape index (κ3) is 6.35. The monoisotopic (exact) mass is 625 g/mol. The van der Waals surface area contributed by atoms with Gasteiger partial charge in [0.1, 0.15) is 12.2 Å². The number of aliphatic carboxylic acids is 1. The van der Waals surface area contributed by atoms with Gasteiger partial charge in [-0.1, -0.05) is 84.4 Å². The van der Waals surface area contributed by atoms with Gasteiger partial charge in [0.05, 0.1) is 12.5 Å². The average Bonchev–Trinajstić information content (AvgIpc) is 3.44. The summed E-state index contributed by atoms with van der Waals surface area (Å²) in [6, 6.07) is 29.4. The lowest BCUT2D eigenvalue weighted by molar-refractivity contribution is -0.801. The Morgan fingerprint density at radius 1 is 0.933 bits per heavy atom. The van der Waals surface area contributed by atoms with Crippen molar-refractivity contribution < 1.29 is 19.2 Å². The van der Waals surface area contributed by atoms with Gasteiger partial charge in [0, 0.05) is 35.6 Å². The van der Waals surface area contributed by atoms with Crippen molar-refractivity contribution in [1.29, 1.82) is 0 Å². The molecule has 3 aromatic carbocycles. The summed E-state index contributed by atoms with van der Waals surface area (Å²) < 4.78 is 0.301. The minimum absolute atomic E-state index is 0.0670. The summed E-state index contributed by atoms with van der Waals surface area (Å²) in [4.78, 5) is 35.5. The Bertz CT molecular complexity index is 1520. The van der Waals surface area contributed by atoms with Crippen LogP contribution >= 0.6 is 11.6 Å². The van der Waals surface area contributed by atoms with Crippen LogP contribution in [0.4, 0.5) is 0 Å². The Kier molecular flexibility index (Phi) is 9.22. The summed E-state index contributed by atoms with van der Waals surface area (Å²) in [5.74, 6) is -1.47. The number of piperidine rings is 2. The molecule has 1 N–H and O–H groups in total. The molecule has 234 valence electrons. The highest BCUT2D eigenvalue weighted by atomic mass is 35.5. The smallest absolute Gasteiger partial charge is 0.310 e. The molecule has 7 nitrogen and oxygen atoms in total. The van der Waals surface area contributed by atoms with Crippen LogP contribution < -0.4 is 0 Å². The zero-order chi connectivity index (χ0) is 31.4. The van der Waals surface area contributed by atoms with Crippen LogP contribution in [-0.2, 0) is 21.5 Å². The molecule has 2 saturated heterocycles. The van der Waals surface area contributed by atoms with Crippen LogP contribution in [0.1, 0.15) is 49.3 Å². The number of likely N-dealkylation sites (tertiary alicyclic amines) is 2. The van der Waals surface area contributed by atoms with Gasteiger partial charge in [-0.05, 0) is 69.0 Å². The van der Waals surface area contributed by atoms with Gasteiger partial charge in [0.25, 0.3) is 0 Å². The Hall–Kier alpha value is -3.78. The van der Waals surface area contributed by atoms with Crippen molar-refractivity contribution in [2.75, 3.05) is 39.3 Å². The molecule has 3 aromatic rings. The number of likely N-dealkylation sites (N-methyl/N-ethyl adjacent to an activating group) is 1. The minimum atomic E-state index is -0.838. The molecule has 0 saturated carbocycles. The first-order valence-corrected chi connectivity index (χ1v) is 16.5. The van der Waals surface area contributed by atoms with Crippen molar-refractivity contribution in [1.82, 2.24) is 9.80 Å². The van der Waals surface area contributed by atoms with Crippen LogP contribution in [-0.4, -0.2) is 76.9 Å². The number of halogens is 1. The molecular formula is C37H42ClN4O3+. The second-order valence-electron chi connectivity index (χ2n) is 12.7. The van der Waals surface area contributed by atoms with Gasteiger partial charge >= 0.3 is 11.9 Å². The maximum Gasteiger partial charge on any atom is 0.310 e. The van der Waals surface area contributed by atoms with Crippen LogP contribution in [0.25, 0.3) is 0 Å². The van der Waals surface area contributed by atoms with Crippen LogP contribution in [0.2, 0.25) is 5.02 Å². The number of benzene rings is 3. The molecule has 6 rings (SSSR count). The molecule has 3 heterocycles. The molecule has 3 aliphatic rings. The maximum absolute atomic E-state index is 14.5. The van der Waals surface area contributed by atoms with E-state index < -0.39 is 11.9 Å².